The van der Waals surface area contributed by atoms with Crippen LogP contribution < -0.4 is 4.90 Å². The van der Waals surface area contributed by atoms with Gasteiger partial charge in [-0.3, -0.25) is 0 Å². The number of piperidine rings is 1. The van der Waals surface area contributed by atoms with E-state index in [1.807, 2.05) is 23.1 Å². The molecule has 1 aliphatic rings. The zero-order valence-electron chi connectivity index (χ0n) is 9.58. The summed E-state index contributed by atoms with van der Waals surface area (Å²) >= 11 is 7.51. The van der Waals surface area contributed by atoms with Gasteiger partial charge in [-0.2, -0.15) is 0 Å². The first-order valence-corrected chi connectivity index (χ1v) is 7.00. The number of aliphatic hydroxyl groups excluding tert-OH is 2. The molecular formula is C12H13ClN2O2S. The van der Waals surface area contributed by atoms with Gasteiger partial charge >= 0.3 is 0 Å². The van der Waals surface area contributed by atoms with Crippen LogP contribution in [0.4, 0.5) is 5.13 Å². The van der Waals surface area contributed by atoms with Crippen molar-refractivity contribution in [3.8, 4) is 0 Å². The number of β-amino-alcohol motifs (C(OH)–C–C–N with tert-alkyl or cyclic N) is 1. The summed E-state index contributed by atoms with van der Waals surface area (Å²) in [4.78, 5) is 6.54. The number of rotatable bonds is 1. The lowest BCUT2D eigenvalue weighted by atomic mass is 10.1. The monoisotopic (exact) mass is 284 g/mol. The molecule has 96 valence electrons. The predicted octanol–water partition coefficient (Wildman–Crippen LogP) is 1.88. The largest absolute Gasteiger partial charge is 0.390 e. The molecule has 3 rings (SSSR count). The SMILES string of the molecule is O[C@@H]1CCN(c2nc3ccc(Cl)cc3s2)C[C@H]1O. The molecule has 1 aliphatic heterocycles. The zero-order chi connectivity index (χ0) is 12.7. The van der Waals surface area contributed by atoms with Crippen LogP contribution in [0.25, 0.3) is 10.2 Å². The number of halogens is 1. The van der Waals surface area contributed by atoms with E-state index in [9.17, 15) is 10.2 Å². The molecule has 1 fully saturated rings. The van der Waals surface area contributed by atoms with Gasteiger partial charge in [-0.15, -0.1) is 0 Å². The number of hydrogen-bond acceptors (Lipinski definition) is 5. The molecule has 1 aromatic carbocycles. The van der Waals surface area contributed by atoms with Gasteiger partial charge in [0.15, 0.2) is 5.13 Å². The number of hydrogen-bond donors (Lipinski definition) is 2. The Morgan fingerprint density at radius 1 is 1.33 bits per heavy atom. The highest BCUT2D eigenvalue weighted by molar-refractivity contribution is 7.22. The molecule has 0 amide bonds. The fraction of sp³-hybridized carbons (Fsp3) is 0.417. The summed E-state index contributed by atoms with van der Waals surface area (Å²) in [6.45, 7) is 1.14. The summed E-state index contributed by atoms with van der Waals surface area (Å²) < 4.78 is 1.04. The highest BCUT2D eigenvalue weighted by Gasteiger charge is 2.27. The predicted molar refractivity (Wildman–Crippen MR) is 73.5 cm³/mol. The van der Waals surface area contributed by atoms with Crippen molar-refractivity contribution in [3.63, 3.8) is 0 Å². The molecule has 6 heteroatoms. The number of thiazole rings is 1. The summed E-state index contributed by atoms with van der Waals surface area (Å²) in [7, 11) is 0. The van der Waals surface area contributed by atoms with Crippen LogP contribution in [0.2, 0.25) is 5.02 Å². The zero-order valence-corrected chi connectivity index (χ0v) is 11.2. The first kappa shape index (κ1) is 12.2. The number of fused-ring (bicyclic) bond motifs is 1. The highest BCUT2D eigenvalue weighted by Crippen LogP contribution is 2.32. The Morgan fingerprint density at radius 2 is 2.17 bits per heavy atom. The van der Waals surface area contributed by atoms with E-state index in [2.05, 4.69) is 4.98 Å². The standard InChI is InChI=1S/C12H13ClN2O2S/c13-7-1-2-8-11(5-7)18-12(14-8)15-4-3-9(16)10(17)6-15/h1-2,5,9-10,16-17H,3-4,6H2/t9-,10-/m1/s1. The summed E-state index contributed by atoms with van der Waals surface area (Å²) in [5.74, 6) is 0. The Labute approximate surface area is 113 Å². The van der Waals surface area contributed by atoms with Gasteiger partial charge in [-0.25, -0.2) is 4.98 Å². The lowest BCUT2D eigenvalue weighted by Crippen LogP contribution is -2.46. The van der Waals surface area contributed by atoms with Gasteiger partial charge < -0.3 is 15.1 Å². The molecule has 0 spiro atoms. The topological polar surface area (TPSA) is 56.6 Å². The normalized spacial score (nSPS) is 24.7. The lowest BCUT2D eigenvalue weighted by molar-refractivity contribution is 0.00802. The second-order valence-corrected chi connectivity index (χ2v) is 5.92. The van der Waals surface area contributed by atoms with Gasteiger partial charge in [0, 0.05) is 18.1 Å². The van der Waals surface area contributed by atoms with Crippen molar-refractivity contribution in [3.05, 3.63) is 23.2 Å². The van der Waals surface area contributed by atoms with Gasteiger partial charge in [-0.05, 0) is 24.6 Å². The molecule has 1 aromatic heterocycles. The summed E-state index contributed by atoms with van der Waals surface area (Å²) in [5.41, 5.74) is 0.917. The van der Waals surface area contributed by atoms with Crippen LogP contribution in [0.5, 0.6) is 0 Å². The smallest absolute Gasteiger partial charge is 0.186 e. The van der Waals surface area contributed by atoms with Crippen molar-refractivity contribution in [1.82, 2.24) is 4.98 Å². The third kappa shape index (κ3) is 2.19. The van der Waals surface area contributed by atoms with Crippen molar-refractivity contribution in [2.24, 2.45) is 0 Å². The molecule has 0 bridgehead atoms. The number of aromatic nitrogens is 1. The second-order valence-electron chi connectivity index (χ2n) is 4.48. The second kappa shape index (κ2) is 4.66. The minimum absolute atomic E-state index is 0.425. The summed E-state index contributed by atoms with van der Waals surface area (Å²) in [6.07, 6.45) is -0.753. The van der Waals surface area contributed by atoms with E-state index in [1.165, 1.54) is 0 Å². The highest BCUT2D eigenvalue weighted by atomic mass is 35.5. The quantitative estimate of drug-likeness (QED) is 0.840. The van der Waals surface area contributed by atoms with E-state index in [0.29, 0.717) is 24.5 Å². The average Bonchev–Trinajstić information content (AvgIpc) is 2.75. The van der Waals surface area contributed by atoms with E-state index >= 15 is 0 Å². The Morgan fingerprint density at radius 3 is 2.94 bits per heavy atom. The Balaban J connectivity index is 1.90. The maximum absolute atomic E-state index is 9.69. The third-order valence-electron chi connectivity index (χ3n) is 3.16. The fourth-order valence-electron chi connectivity index (χ4n) is 2.11. The van der Waals surface area contributed by atoms with Crippen molar-refractivity contribution in [1.29, 1.82) is 0 Å². The maximum atomic E-state index is 9.69. The Hall–Kier alpha value is -0.880. The summed E-state index contributed by atoms with van der Waals surface area (Å²) in [5, 5.41) is 20.8. The first-order chi connectivity index (χ1) is 8.63. The molecule has 0 saturated carbocycles. The maximum Gasteiger partial charge on any atom is 0.186 e. The number of benzene rings is 1. The van der Waals surface area contributed by atoms with E-state index in [1.54, 1.807) is 11.3 Å². The molecule has 2 heterocycles. The van der Waals surface area contributed by atoms with Gasteiger partial charge in [0.1, 0.15) is 0 Å². The van der Waals surface area contributed by atoms with Crippen LogP contribution in [-0.4, -0.2) is 40.5 Å². The molecule has 2 atom stereocenters. The minimum Gasteiger partial charge on any atom is -0.390 e. The Bertz CT molecular complexity index is 574. The van der Waals surface area contributed by atoms with Crippen LogP contribution in [0.3, 0.4) is 0 Å². The molecule has 0 radical (unpaired) electrons. The number of aliphatic hydroxyl groups is 2. The van der Waals surface area contributed by atoms with Gasteiger partial charge in [0.2, 0.25) is 0 Å². The van der Waals surface area contributed by atoms with E-state index in [-0.39, 0.29) is 0 Å². The van der Waals surface area contributed by atoms with Crippen molar-refractivity contribution >= 4 is 38.3 Å². The molecule has 1 saturated heterocycles. The van der Waals surface area contributed by atoms with Crippen LogP contribution in [0.1, 0.15) is 6.42 Å². The molecule has 4 nitrogen and oxygen atoms in total. The van der Waals surface area contributed by atoms with E-state index in [4.69, 9.17) is 11.6 Å². The van der Waals surface area contributed by atoms with Gasteiger partial charge in [0.25, 0.3) is 0 Å². The number of nitrogens with zero attached hydrogens (tertiary/aromatic N) is 2. The molecule has 2 aromatic rings. The van der Waals surface area contributed by atoms with Crippen molar-refractivity contribution in [2.75, 3.05) is 18.0 Å². The van der Waals surface area contributed by atoms with Crippen molar-refractivity contribution < 1.29 is 10.2 Å². The van der Waals surface area contributed by atoms with Gasteiger partial charge in [-0.1, -0.05) is 22.9 Å². The van der Waals surface area contributed by atoms with E-state index in [0.717, 1.165) is 15.3 Å². The van der Waals surface area contributed by atoms with Gasteiger partial charge in [0.05, 0.1) is 22.4 Å². The van der Waals surface area contributed by atoms with E-state index < -0.39 is 12.2 Å². The fourth-order valence-corrected chi connectivity index (χ4v) is 3.39. The van der Waals surface area contributed by atoms with Crippen LogP contribution in [0, 0.1) is 0 Å². The average molecular weight is 285 g/mol. The van der Waals surface area contributed by atoms with Crippen LogP contribution in [-0.2, 0) is 0 Å². The van der Waals surface area contributed by atoms with Crippen LogP contribution >= 0.6 is 22.9 Å². The molecule has 0 unspecified atom stereocenters. The minimum atomic E-state index is -0.700. The lowest BCUT2D eigenvalue weighted by Gasteiger charge is -2.33. The Kier molecular flexibility index (Phi) is 3.15. The molecule has 18 heavy (non-hydrogen) atoms. The molecule has 0 aliphatic carbocycles. The molecular weight excluding hydrogens is 272 g/mol. The molecule has 2 N–H and O–H groups in total. The van der Waals surface area contributed by atoms with Crippen molar-refractivity contribution in [2.45, 2.75) is 18.6 Å². The summed E-state index contributed by atoms with van der Waals surface area (Å²) in [6, 6.07) is 5.61. The first-order valence-electron chi connectivity index (χ1n) is 5.80. The van der Waals surface area contributed by atoms with Crippen LogP contribution in [0.15, 0.2) is 18.2 Å². The number of anilines is 1. The third-order valence-corrected chi connectivity index (χ3v) is 4.47.